The Morgan fingerprint density at radius 3 is 2.46 bits per heavy atom. The highest BCUT2D eigenvalue weighted by atomic mass is 32.2. The Morgan fingerprint density at radius 1 is 1.04 bits per heavy atom. The van der Waals surface area contributed by atoms with Crippen LogP contribution in [0.1, 0.15) is 16.7 Å². The van der Waals surface area contributed by atoms with Crippen LogP contribution in [-0.4, -0.2) is 28.0 Å². The van der Waals surface area contributed by atoms with Crippen molar-refractivity contribution >= 4 is 16.1 Å². The van der Waals surface area contributed by atoms with Crippen LogP contribution in [0.15, 0.2) is 48.5 Å². The van der Waals surface area contributed by atoms with E-state index in [0.29, 0.717) is 18.5 Å². The van der Waals surface area contributed by atoms with Gasteiger partial charge in [0, 0.05) is 13.1 Å². The molecular formula is C18H22FN3O3S. The number of benzene rings is 2. The van der Waals surface area contributed by atoms with E-state index >= 15 is 0 Å². The quantitative estimate of drug-likeness (QED) is 0.655. The number of amides is 2. The first kappa shape index (κ1) is 19.9. The second kappa shape index (κ2) is 9.30. The summed E-state index contributed by atoms with van der Waals surface area (Å²) in [6.07, 6.45) is 0.516. The number of rotatable bonds is 8. The second-order valence-corrected chi connectivity index (χ2v) is 7.65. The summed E-state index contributed by atoms with van der Waals surface area (Å²) in [6.45, 7) is 0.576. The van der Waals surface area contributed by atoms with Gasteiger partial charge in [-0.3, -0.25) is 0 Å². The Balaban J connectivity index is 1.84. The fourth-order valence-corrected chi connectivity index (χ4v) is 3.23. The minimum absolute atomic E-state index is 0.150. The lowest BCUT2D eigenvalue weighted by Crippen LogP contribution is -2.36. The first-order valence-corrected chi connectivity index (χ1v) is 9.79. The molecule has 0 bridgehead atoms. The molecule has 2 rings (SSSR count). The van der Waals surface area contributed by atoms with E-state index in [2.05, 4.69) is 15.4 Å². The minimum Gasteiger partial charge on any atom is -0.338 e. The highest BCUT2D eigenvalue weighted by Crippen LogP contribution is 2.12. The number of hydrogen-bond donors (Lipinski definition) is 3. The van der Waals surface area contributed by atoms with E-state index in [1.165, 1.54) is 19.2 Å². The first-order chi connectivity index (χ1) is 12.4. The van der Waals surface area contributed by atoms with Crippen LogP contribution in [0.4, 0.5) is 9.18 Å². The minimum atomic E-state index is -3.39. The maximum absolute atomic E-state index is 13.1. The summed E-state index contributed by atoms with van der Waals surface area (Å²) < 4.78 is 38.8. The maximum atomic E-state index is 13.1. The van der Waals surface area contributed by atoms with Gasteiger partial charge in [0.2, 0.25) is 10.0 Å². The molecule has 0 atom stereocenters. The van der Waals surface area contributed by atoms with Crippen LogP contribution in [0.25, 0.3) is 0 Å². The molecule has 6 nitrogen and oxygen atoms in total. The van der Waals surface area contributed by atoms with Gasteiger partial charge in [0.15, 0.2) is 0 Å². The van der Waals surface area contributed by atoms with Crippen molar-refractivity contribution in [2.75, 3.05) is 13.6 Å². The molecule has 2 aromatic rings. The van der Waals surface area contributed by atoms with Gasteiger partial charge in [0.05, 0.1) is 5.75 Å². The predicted molar refractivity (Wildman–Crippen MR) is 98.5 cm³/mol. The van der Waals surface area contributed by atoms with Gasteiger partial charge < -0.3 is 10.6 Å². The van der Waals surface area contributed by atoms with Gasteiger partial charge in [-0.05, 0) is 42.3 Å². The average Bonchev–Trinajstić information content (AvgIpc) is 2.61. The highest BCUT2D eigenvalue weighted by Gasteiger charge is 2.12. The van der Waals surface area contributed by atoms with Crippen LogP contribution >= 0.6 is 0 Å². The number of nitrogens with one attached hydrogen (secondary N) is 3. The molecule has 8 heteroatoms. The van der Waals surface area contributed by atoms with Crippen molar-refractivity contribution < 1.29 is 17.6 Å². The first-order valence-electron chi connectivity index (χ1n) is 8.14. The van der Waals surface area contributed by atoms with Crippen LogP contribution in [0.3, 0.4) is 0 Å². The summed E-state index contributed by atoms with van der Waals surface area (Å²) in [5.41, 5.74) is 2.15. The molecule has 0 aromatic heterocycles. The molecule has 0 saturated heterocycles. The van der Waals surface area contributed by atoms with Crippen LogP contribution in [0.5, 0.6) is 0 Å². The summed E-state index contributed by atoms with van der Waals surface area (Å²) in [5.74, 6) is -0.456. The third-order valence-electron chi connectivity index (χ3n) is 3.80. The lowest BCUT2D eigenvalue weighted by molar-refractivity contribution is 0.240. The van der Waals surface area contributed by atoms with Gasteiger partial charge in [-0.1, -0.05) is 36.4 Å². The normalized spacial score (nSPS) is 11.2. The van der Waals surface area contributed by atoms with Gasteiger partial charge in [0.1, 0.15) is 5.82 Å². The van der Waals surface area contributed by atoms with E-state index < -0.39 is 10.0 Å². The summed E-state index contributed by atoms with van der Waals surface area (Å²) in [7, 11) is -2.03. The molecule has 0 saturated carbocycles. The van der Waals surface area contributed by atoms with Crippen molar-refractivity contribution in [1.82, 2.24) is 15.4 Å². The summed E-state index contributed by atoms with van der Waals surface area (Å²) in [4.78, 5) is 11.9. The predicted octanol–water partition coefficient (Wildman–Crippen LogP) is 1.92. The number of carbonyl (C=O) groups excluding carboxylic acids is 1. The fraction of sp³-hybridized carbons (Fsp3) is 0.278. The van der Waals surface area contributed by atoms with Crippen molar-refractivity contribution in [3.63, 3.8) is 0 Å². The van der Waals surface area contributed by atoms with Gasteiger partial charge in [-0.2, -0.15) is 0 Å². The third kappa shape index (κ3) is 6.45. The van der Waals surface area contributed by atoms with E-state index in [0.717, 1.165) is 11.1 Å². The van der Waals surface area contributed by atoms with E-state index in [9.17, 15) is 17.6 Å². The van der Waals surface area contributed by atoms with Gasteiger partial charge in [-0.15, -0.1) is 0 Å². The zero-order valence-electron chi connectivity index (χ0n) is 14.5. The number of urea groups is 1. The molecule has 0 radical (unpaired) electrons. The zero-order valence-corrected chi connectivity index (χ0v) is 15.3. The van der Waals surface area contributed by atoms with Crippen molar-refractivity contribution in [2.45, 2.75) is 18.7 Å². The van der Waals surface area contributed by atoms with Crippen LogP contribution < -0.4 is 15.4 Å². The molecule has 26 heavy (non-hydrogen) atoms. The standard InChI is InChI=1S/C18H22FN3O3S/c1-20-26(24,25)13-16-7-3-2-6-15(16)12-22-18(23)21-10-9-14-5-4-8-17(19)11-14/h2-8,11,20H,9-10,12-13H2,1H3,(H2,21,22,23). The SMILES string of the molecule is CNS(=O)(=O)Cc1ccccc1CNC(=O)NCCc1cccc(F)c1. The molecule has 0 unspecified atom stereocenters. The molecule has 2 aromatic carbocycles. The van der Waals surface area contributed by atoms with Crippen molar-refractivity contribution in [1.29, 1.82) is 0 Å². The Hall–Kier alpha value is -2.45. The lowest BCUT2D eigenvalue weighted by atomic mass is 10.1. The molecule has 0 aliphatic heterocycles. The molecule has 0 aliphatic carbocycles. The highest BCUT2D eigenvalue weighted by molar-refractivity contribution is 7.88. The largest absolute Gasteiger partial charge is 0.338 e. The summed E-state index contributed by atoms with van der Waals surface area (Å²) in [6, 6.07) is 12.9. The molecule has 140 valence electrons. The third-order valence-corrected chi connectivity index (χ3v) is 5.12. The number of hydrogen-bond acceptors (Lipinski definition) is 3. The maximum Gasteiger partial charge on any atom is 0.315 e. The number of carbonyl (C=O) groups is 1. The Morgan fingerprint density at radius 2 is 1.77 bits per heavy atom. The fourth-order valence-electron chi connectivity index (χ4n) is 2.40. The second-order valence-electron chi connectivity index (χ2n) is 5.72. The molecule has 0 spiro atoms. The Labute approximate surface area is 152 Å². The topological polar surface area (TPSA) is 87.3 Å². The van der Waals surface area contributed by atoms with Crippen LogP contribution in [0, 0.1) is 5.82 Å². The number of halogens is 1. The number of sulfonamides is 1. The molecule has 0 heterocycles. The van der Waals surface area contributed by atoms with E-state index in [-0.39, 0.29) is 24.1 Å². The van der Waals surface area contributed by atoms with Crippen LogP contribution in [0.2, 0.25) is 0 Å². The van der Waals surface area contributed by atoms with Crippen molar-refractivity contribution in [3.05, 3.63) is 71.0 Å². The van der Waals surface area contributed by atoms with Crippen molar-refractivity contribution in [3.8, 4) is 0 Å². The monoisotopic (exact) mass is 379 g/mol. The molecule has 3 N–H and O–H groups in total. The zero-order chi connectivity index (χ0) is 19.0. The molecule has 0 fully saturated rings. The Kier molecular flexibility index (Phi) is 7.11. The van der Waals surface area contributed by atoms with Crippen molar-refractivity contribution in [2.24, 2.45) is 0 Å². The lowest BCUT2D eigenvalue weighted by Gasteiger charge is -2.12. The Bertz CT molecular complexity index is 856. The molecular weight excluding hydrogens is 357 g/mol. The average molecular weight is 379 g/mol. The van der Waals surface area contributed by atoms with E-state index in [1.54, 1.807) is 36.4 Å². The summed E-state index contributed by atoms with van der Waals surface area (Å²) >= 11 is 0. The smallest absolute Gasteiger partial charge is 0.315 e. The molecule has 0 aliphatic rings. The van der Waals surface area contributed by atoms with Gasteiger partial charge in [-0.25, -0.2) is 22.3 Å². The van der Waals surface area contributed by atoms with E-state index in [1.807, 2.05) is 0 Å². The van der Waals surface area contributed by atoms with Gasteiger partial charge >= 0.3 is 6.03 Å². The van der Waals surface area contributed by atoms with Crippen LogP contribution in [-0.2, 0) is 28.7 Å². The molecule has 2 amide bonds. The van der Waals surface area contributed by atoms with Gasteiger partial charge in [0.25, 0.3) is 0 Å². The summed E-state index contributed by atoms with van der Waals surface area (Å²) in [5, 5.41) is 5.40. The van der Waals surface area contributed by atoms with E-state index in [4.69, 9.17) is 0 Å².